The van der Waals surface area contributed by atoms with Crippen LogP contribution in [0.3, 0.4) is 0 Å². The third kappa shape index (κ3) is 3.30. The summed E-state index contributed by atoms with van der Waals surface area (Å²) >= 11 is 9.72. The van der Waals surface area contributed by atoms with E-state index in [1.54, 1.807) is 22.9 Å². The summed E-state index contributed by atoms with van der Waals surface area (Å²) in [5.74, 6) is -0.0340. The highest BCUT2D eigenvalue weighted by atomic mass is 79.9. The Kier molecular flexibility index (Phi) is 5.06. The molecule has 2 N–H and O–H groups in total. The van der Waals surface area contributed by atoms with Gasteiger partial charge < -0.3 is 5.73 Å². The summed E-state index contributed by atoms with van der Waals surface area (Å²) in [5.41, 5.74) is 8.46. The molecular formula is C15H17BrClN3O. The number of carbonyl (C=O) groups excluding carboxylic acids is 1. The maximum atomic E-state index is 12.5. The Hall–Kier alpha value is -1.33. The number of carbonyl (C=O) groups is 1. The van der Waals surface area contributed by atoms with Crippen LogP contribution < -0.4 is 5.73 Å². The third-order valence-electron chi connectivity index (χ3n) is 3.31. The van der Waals surface area contributed by atoms with Gasteiger partial charge in [0.2, 0.25) is 0 Å². The number of nitrogens with zero attached hydrogens (tertiary/aromatic N) is 2. The van der Waals surface area contributed by atoms with E-state index in [9.17, 15) is 4.79 Å². The molecule has 112 valence electrons. The van der Waals surface area contributed by atoms with Crippen LogP contribution in [-0.4, -0.2) is 15.6 Å². The molecule has 0 spiro atoms. The number of aryl methyl sites for hydroxylation is 2. The summed E-state index contributed by atoms with van der Waals surface area (Å²) in [5, 5.41) is 5.02. The van der Waals surface area contributed by atoms with Gasteiger partial charge in [0.25, 0.3) is 0 Å². The van der Waals surface area contributed by atoms with Crippen LogP contribution in [0.5, 0.6) is 0 Å². The smallest absolute Gasteiger partial charge is 0.170 e. The molecule has 0 atom stereocenters. The van der Waals surface area contributed by atoms with Gasteiger partial charge in [0.1, 0.15) is 0 Å². The Balaban J connectivity index is 2.35. The van der Waals surface area contributed by atoms with Crippen molar-refractivity contribution in [3.63, 3.8) is 0 Å². The number of halogens is 2. The Morgan fingerprint density at radius 1 is 1.43 bits per heavy atom. The van der Waals surface area contributed by atoms with E-state index in [0.29, 0.717) is 22.8 Å². The van der Waals surface area contributed by atoms with Crippen molar-refractivity contribution in [3.05, 3.63) is 44.6 Å². The first-order valence-corrected chi connectivity index (χ1v) is 7.97. The summed E-state index contributed by atoms with van der Waals surface area (Å²) in [6.45, 7) is 4.65. The number of ketones is 1. The molecule has 4 nitrogen and oxygen atoms in total. The zero-order valence-electron chi connectivity index (χ0n) is 12.0. The highest BCUT2D eigenvalue weighted by molar-refractivity contribution is 9.10. The first-order valence-electron chi connectivity index (χ1n) is 6.80. The first-order chi connectivity index (χ1) is 9.97. The maximum Gasteiger partial charge on any atom is 0.170 e. The van der Waals surface area contributed by atoms with Crippen LogP contribution in [0.25, 0.3) is 0 Å². The van der Waals surface area contributed by atoms with Gasteiger partial charge in [-0.25, -0.2) is 0 Å². The number of rotatable bonds is 5. The van der Waals surface area contributed by atoms with Crippen molar-refractivity contribution in [3.8, 4) is 0 Å². The van der Waals surface area contributed by atoms with Gasteiger partial charge in [-0.05, 0) is 31.5 Å². The number of aromatic nitrogens is 2. The molecule has 0 aliphatic heterocycles. The molecule has 6 heteroatoms. The van der Waals surface area contributed by atoms with Gasteiger partial charge in [-0.2, -0.15) is 5.10 Å². The predicted molar refractivity (Wildman–Crippen MR) is 88.9 cm³/mol. The van der Waals surface area contributed by atoms with E-state index in [-0.39, 0.29) is 12.2 Å². The number of hydrogen-bond acceptors (Lipinski definition) is 3. The number of nitrogen functional groups attached to an aromatic ring is 1. The normalized spacial score (nSPS) is 10.9. The lowest BCUT2D eigenvalue weighted by Crippen LogP contribution is -2.11. The first kappa shape index (κ1) is 16.0. The van der Waals surface area contributed by atoms with Gasteiger partial charge >= 0.3 is 0 Å². The minimum Gasteiger partial charge on any atom is -0.399 e. The molecule has 0 unspecified atom stereocenters. The number of anilines is 1. The quantitative estimate of drug-likeness (QED) is 0.641. The maximum absolute atomic E-state index is 12.5. The van der Waals surface area contributed by atoms with Crippen LogP contribution >= 0.6 is 27.5 Å². The molecule has 0 aliphatic rings. The molecule has 1 aromatic heterocycles. The summed E-state index contributed by atoms with van der Waals surface area (Å²) < 4.78 is 2.52. The molecule has 0 saturated heterocycles. The van der Waals surface area contributed by atoms with E-state index in [4.69, 9.17) is 17.3 Å². The zero-order chi connectivity index (χ0) is 15.6. The van der Waals surface area contributed by atoms with Crippen molar-refractivity contribution in [1.29, 1.82) is 0 Å². The summed E-state index contributed by atoms with van der Waals surface area (Å²) in [6, 6.07) is 5.20. The highest BCUT2D eigenvalue weighted by Gasteiger charge is 2.19. The summed E-state index contributed by atoms with van der Waals surface area (Å²) in [4.78, 5) is 12.5. The Labute approximate surface area is 137 Å². The van der Waals surface area contributed by atoms with Gasteiger partial charge in [0.15, 0.2) is 5.78 Å². The molecule has 2 rings (SSSR count). The molecule has 0 bridgehead atoms. The van der Waals surface area contributed by atoms with E-state index in [0.717, 1.165) is 22.3 Å². The molecule has 1 aromatic carbocycles. The SMILES string of the molecule is CCc1nn(CC)c(CC(=O)c2cc(N)ccc2Br)c1Cl. The predicted octanol–water partition coefficient (Wildman–Crippen LogP) is 3.89. The van der Waals surface area contributed by atoms with Crippen molar-refractivity contribution in [2.24, 2.45) is 0 Å². The topological polar surface area (TPSA) is 60.9 Å². The lowest BCUT2D eigenvalue weighted by Gasteiger charge is -2.07. The fourth-order valence-electron chi connectivity index (χ4n) is 2.19. The monoisotopic (exact) mass is 369 g/mol. The fourth-order valence-corrected chi connectivity index (χ4v) is 2.99. The van der Waals surface area contributed by atoms with Crippen LogP contribution in [0, 0.1) is 0 Å². The second kappa shape index (κ2) is 6.62. The number of nitrogens with two attached hydrogens (primary N) is 1. The van der Waals surface area contributed by atoms with E-state index in [1.807, 2.05) is 13.8 Å². The third-order valence-corrected chi connectivity index (χ3v) is 4.44. The second-order valence-electron chi connectivity index (χ2n) is 4.72. The van der Waals surface area contributed by atoms with E-state index >= 15 is 0 Å². The fraction of sp³-hybridized carbons (Fsp3) is 0.333. The van der Waals surface area contributed by atoms with Crippen LogP contribution in [0.1, 0.15) is 35.6 Å². The van der Waals surface area contributed by atoms with Gasteiger partial charge in [-0.1, -0.05) is 34.5 Å². The van der Waals surface area contributed by atoms with Gasteiger partial charge in [0.05, 0.1) is 22.8 Å². The van der Waals surface area contributed by atoms with Crippen LogP contribution in [0.2, 0.25) is 5.02 Å². The van der Waals surface area contributed by atoms with Crippen molar-refractivity contribution < 1.29 is 4.79 Å². The van der Waals surface area contributed by atoms with Crippen LogP contribution in [0.15, 0.2) is 22.7 Å². The average Bonchev–Trinajstić information content (AvgIpc) is 2.77. The Morgan fingerprint density at radius 2 is 2.14 bits per heavy atom. The average molecular weight is 371 g/mol. The lowest BCUT2D eigenvalue weighted by molar-refractivity contribution is 0.0990. The second-order valence-corrected chi connectivity index (χ2v) is 5.95. The number of Topliss-reactive ketones (excluding diaryl/α,β-unsaturated/α-hetero) is 1. The molecule has 1 heterocycles. The minimum absolute atomic E-state index is 0.0340. The van der Waals surface area contributed by atoms with Gasteiger partial charge in [-0.3, -0.25) is 9.48 Å². The molecule has 0 radical (unpaired) electrons. The molecule has 0 aliphatic carbocycles. The largest absolute Gasteiger partial charge is 0.399 e. The van der Waals surface area contributed by atoms with E-state index in [1.165, 1.54) is 0 Å². The minimum atomic E-state index is -0.0340. The Bertz CT molecular complexity index is 682. The highest BCUT2D eigenvalue weighted by Crippen LogP contribution is 2.26. The number of hydrogen-bond donors (Lipinski definition) is 1. The van der Waals surface area contributed by atoms with Crippen LogP contribution in [0.4, 0.5) is 5.69 Å². The van der Waals surface area contributed by atoms with E-state index in [2.05, 4.69) is 21.0 Å². The van der Waals surface area contributed by atoms with Crippen molar-refractivity contribution >= 4 is 39.0 Å². The molecule has 0 saturated carbocycles. The van der Waals surface area contributed by atoms with E-state index < -0.39 is 0 Å². The van der Waals surface area contributed by atoms with Crippen molar-refractivity contribution in [1.82, 2.24) is 9.78 Å². The van der Waals surface area contributed by atoms with Crippen LogP contribution in [-0.2, 0) is 19.4 Å². The molecular weight excluding hydrogens is 354 g/mol. The molecule has 21 heavy (non-hydrogen) atoms. The summed E-state index contributed by atoms with van der Waals surface area (Å²) in [6.07, 6.45) is 0.955. The van der Waals surface area contributed by atoms with Crippen molar-refractivity contribution in [2.75, 3.05) is 5.73 Å². The molecule has 0 fully saturated rings. The number of benzene rings is 1. The Morgan fingerprint density at radius 3 is 2.76 bits per heavy atom. The zero-order valence-corrected chi connectivity index (χ0v) is 14.3. The van der Waals surface area contributed by atoms with Crippen molar-refractivity contribution in [2.45, 2.75) is 33.2 Å². The van der Waals surface area contributed by atoms with Gasteiger partial charge in [-0.15, -0.1) is 0 Å². The molecule has 2 aromatic rings. The van der Waals surface area contributed by atoms with Gasteiger partial charge in [0, 0.05) is 22.3 Å². The summed E-state index contributed by atoms with van der Waals surface area (Å²) in [7, 11) is 0. The molecule has 0 amide bonds. The standard InChI is InChI=1S/C15H17BrClN3O/c1-3-12-15(17)13(20(4-2)19-12)8-14(21)10-7-9(18)5-6-11(10)16/h5-7H,3-4,8,18H2,1-2H3. The lowest BCUT2D eigenvalue weighted by atomic mass is 10.1.